The highest BCUT2D eigenvalue weighted by Crippen LogP contribution is 2.27. The van der Waals surface area contributed by atoms with E-state index in [1.54, 1.807) is 18.6 Å². The number of aryl methyl sites for hydroxylation is 1. The molecule has 3 aromatic heterocycles. The molecule has 10 heteroatoms. The van der Waals surface area contributed by atoms with Crippen LogP contribution in [0.25, 0.3) is 22.3 Å². The van der Waals surface area contributed by atoms with Gasteiger partial charge in [-0.2, -0.15) is 13.2 Å². The van der Waals surface area contributed by atoms with Crippen LogP contribution in [0.1, 0.15) is 12.5 Å². The molecule has 0 aliphatic carbocycles. The van der Waals surface area contributed by atoms with E-state index in [0.29, 0.717) is 11.3 Å². The number of rotatable bonds is 5. The highest BCUT2D eigenvalue weighted by atomic mass is 19.4. The maximum Gasteiger partial charge on any atom is 0.405 e. The number of pyridine rings is 1. The Kier molecular flexibility index (Phi) is 4.98. The summed E-state index contributed by atoms with van der Waals surface area (Å²) >= 11 is 0. The lowest BCUT2D eigenvalue weighted by Crippen LogP contribution is -2.42. The first-order chi connectivity index (χ1) is 12.7. The Balaban J connectivity index is 1.77. The number of carbonyl (C=O) groups is 1. The number of nitrogens with one attached hydrogen (secondary N) is 3. The maximum atomic E-state index is 12.2. The molecule has 0 aliphatic rings. The minimum atomic E-state index is -4.46. The molecule has 0 aliphatic heterocycles. The van der Waals surface area contributed by atoms with Crippen molar-refractivity contribution in [1.82, 2.24) is 25.3 Å². The van der Waals surface area contributed by atoms with Crippen molar-refractivity contribution in [2.24, 2.45) is 0 Å². The predicted molar refractivity (Wildman–Crippen MR) is 94.0 cm³/mol. The van der Waals surface area contributed by atoms with Crippen molar-refractivity contribution in [3.8, 4) is 11.3 Å². The number of hydrogen-bond acceptors (Lipinski definition) is 5. The fourth-order valence-corrected chi connectivity index (χ4v) is 2.51. The van der Waals surface area contributed by atoms with E-state index < -0.39 is 24.7 Å². The van der Waals surface area contributed by atoms with Gasteiger partial charge in [0.05, 0.1) is 18.1 Å². The summed E-state index contributed by atoms with van der Waals surface area (Å²) in [6.45, 7) is 1.98. The third-order valence-electron chi connectivity index (χ3n) is 3.80. The molecular weight excluding hydrogens is 361 g/mol. The highest BCUT2D eigenvalue weighted by molar-refractivity contribution is 5.92. The SMILES string of the molecule is Cc1cnc2[nH]cc(-c3cncc(N[C@H](C)C(=O)NCC(F)(F)F)n3)c2c1. The Morgan fingerprint density at radius 3 is 2.81 bits per heavy atom. The summed E-state index contributed by atoms with van der Waals surface area (Å²) < 4.78 is 36.6. The molecule has 0 saturated heterocycles. The van der Waals surface area contributed by atoms with Crippen molar-refractivity contribution in [2.75, 3.05) is 11.9 Å². The Morgan fingerprint density at radius 1 is 1.30 bits per heavy atom. The number of alkyl halides is 3. The number of amides is 1. The number of aromatic nitrogens is 4. The van der Waals surface area contributed by atoms with Crippen LogP contribution in [-0.4, -0.2) is 44.6 Å². The summed E-state index contributed by atoms with van der Waals surface area (Å²) in [7, 11) is 0. The van der Waals surface area contributed by atoms with Crippen molar-refractivity contribution < 1.29 is 18.0 Å². The number of carbonyl (C=O) groups excluding carboxylic acids is 1. The van der Waals surface area contributed by atoms with Gasteiger partial charge in [-0.15, -0.1) is 0 Å². The molecule has 3 aromatic rings. The second-order valence-electron chi connectivity index (χ2n) is 6.10. The zero-order valence-corrected chi connectivity index (χ0v) is 14.6. The summed E-state index contributed by atoms with van der Waals surface area (Å²) in [4.78, 5) is 27.6. The molecule has 27 heavy (non-hydrogen) atoms. The minimum absolute atomic E-state index is 0.275. The van der Waals surface area contributed by atoms with Crippen LogP contribution in [0.15, 0.2) is 30.9 Å². The van der Waals surface area contributed by atoms with E-state index in [-0.39, 0.29) is 5.82 Å². The molecule has 0 bridgehead atoms. The summed E-state index contributed by atoms with van der Waals surface area (Å²) in [6, 6.07) is 1.05. The summed E-state index contributed by atoms with van der Waals surface area (Å²) in [6.07, 6.45) is 1.99. The van der Waals surface area contributed by atoms with Crippen molar-refractivity contribution in [2.45, 2.75) is 26.1 Å². The fraction of sp³-hybridized carbons (Fsp3) is 0.294. The van der Waals surface area contributed by atoms with Gasteiger partial charge in [0.25, 0.3) is 0 Å². The number of halogens is 3. The van der Waals surface area contributed by atoms with Gasteiger partial charge in [-0.05, 0) is 25.5 Å². The minimum Gasteiger partial charge on any atom is -0.357 e. The number of nitrogens with zero attached hydrogens (tertiary/aromatic N) is 3. The molecule has 7 nitrogen and oxygen atoms in total. The first kappa shape index (κ1) is 18.6. The van der Waals surface area contributed by atoms with Gasteiger partial charge >= 0.3 is 6.18 Å². The third kappa shape index (κ3) is 4.52. The quantitative estimate of drug-likeness (QED) is 0.635. The zero-order valence-electron chi connectivity index (χ0n) is 14.6. The Labute approximate surface area is 152 Å². The van der Waals surface area contributed by atoms with E-state index in [1.165, 1.54) is 13.1 Å². The van der Waals surface area contributed by atoms with Crippen LogP contribution in [0.3, 0.4) is 0 Å². The summed E-state index contributed by atoms with van der Waals surface area (Å²) in [5.74, 6) is -0.511. The number of anilines is 1. The lowest BCUT2D eigenvalue weighted by atomic mass is 10.1. The predicted octanol–water partition coefficient (Wildman–Crippen LogP) is 2.81. The van der Waals surface area contributed by atoms with E-state index in [2.05, 4.69) is 25.3 Å². The highest BCUT2D eigenvalue weighted by Gasteiger charge is 2.28. The van der Waals surface area contributed by atoms with Gasteiger partial charge in [-0.25, -0.2) is 9.97 Å². The number of H-pyrrole nitrogens is 1. The second-order valence-corrected chi connectivity index (χ2v) is 6.10. The third-order valence-corrected chi connectivity index (χ3v) is 3.80. The van der Waals surface area contributed by atoms with Crippen molar-refractivity contribution in [1.29, 1.82) is 0 Å². The van der Waals surface area contributed by atoms with E-state index in [0.717, 1.165) is 16.5 Å². The summed E-state index contributed by atoms with van der Waals surface area (Å²) in [5, 5.41) is 5.46. The van der Waals surface area contributed by atoms with E-state index in [9.17, 15) is 18.0 Å². The normalized spacial score (nSPS) is 12.8. The van der Waals surface area contributed by atoms with E-state index >= 15 is 0 Å². The molecule has 0 unspecified atom stereocenters. The second kappa shape index (κ2) is 7.22. The standard InChI is InChI=1S/C17H17F3N6O/c1-9-3-11-12(5-23-15(11)22-4-9)13-6-21-7-14(26-13)25-10(2)16(27)24-8-17(18,19)20/h3-7,10H,8H2,1-2H3,(H,22,23)(H,24,27)(H,25,26)/t10-/m1/s1. The number of aromatic amines is 1. The molecule has 3 rings (SSSR count). The molecule has 0 saturated carbocycles. The first-order valence-electron chi connectivity index (χ1n) is 8.10. The largest absolute Gasteiger partial charge is 0.405 e. The van der Waals surface area contributed by atoms with Gasteiger partial charge in [-0.1, -0.05) is 0 Å². The Bertz CT molecular complexity index is 969. The molecule has 0 aromatic carbocycles. The van der Waals surface area contributed by atoms with Gasteiger partial charge in [0.2, 0.25) is 5.91 Å². The van der Waals surface area contributed by atoms with Gasteiger partial charge in [-0.3, -0.25) is 9.78 Å². The molecule has 3 heterocycles. The zero-order chi connectivity index (χ0) is 19.6. The molecule has 0 spiro atoms. The van der Waals surface area contributed by atoms with Gasteiger partial charge in [0.1, 0.15) is 24.1 Å². The van der Waals surface area contributed by atoms with Crippen LogP contribution in [0.2, 0.25) is 0 Å². The molecular formula is C17H17F3N6O. The summed E-state index contributed by atoms with van der Waals surface area (Å²) in [5.41, 5.74) is 3.02. The molecule has 142 valence electrons. The lowest BCUT2D eigenvalue weighted by Gasteiger charge is -2.15. The van der Waals surface area contributed by atoms with Crippen LogP contribution < -0.4 is 10.6 Å². The average molecular weight is 378 g/mol. The van der Waals surface area contributed by atoms with Crippen LogP contribution >= 0.6 is 0 Å². The van der Waals surface area contributed by atoms with Crippen LogP contribution in [-0.2, 0) is 4.79 Å². The topological polar surface area (TPSA) is 95.6 Å². The van der Waals surface area contributed by atoms with E-state index in [4.69, 9.17) is 0 Å². The smallest absolute Gasteiger partial charge is 0.357 e. The van der Waals surface area contributed by atoms with Crippen molar-refractivity contribution in [3.63, 3.8) is 0 Å². The fourth-order valence-electron chi connectivity index (χ4n) is 2.51. The lowest BCUT2D eigenvalue weighted by molar-refractivity contribution is -0.138. The monoisotopic (exact) mass is 378 g/mol. The van der Waals surface area contributed by atoms with E-state index in [1.807, 2.05) is 18.3 Å². The van der Waals surface area contributed by atoms with Crippen LogP contribution in [0, 0.1) is 6.92 Å². The first-order valence-corrected chi connectivity index (χ1v) is 8.10. The van der Waals surface area contributed by atoms with Gasteiger partial charge in [0.15, 0.2) is 0 Å². The molecule has 0 radical (unpaired) electrons. The Morgan fingerprint density at radius 2 is 2.07 bits per heavy atom. The molecule has 3 N–H and O–H groups in total. The van der Waals surface area contributed by atoms with Crippen LogP contribution in [0.5, 0.6) is 0 Å². The van der Waals surface area contributed by atoms with Crippen molar-refractivity contribution >= 4 is 22.8 Å². The van der Waals surface area contributed by atoms with Gasteiger partial charge in [0, 0.05) is 23.3 Å². The molecule has 1 amide bonds. The molecule has 0 fully saturated rings. The molecule has 1 atom stereocenters. The Hall–Kier alpha value is -3.17. The van der Waals surface area contributed by atoms with Crippen molar-refractivity contribution in [3.05, 3.63) is 36.4 Å². The number of hydrogen-bond donors (Lipinski definition) is 3. The van der Waals surface area contributed by atoms with Crippen LogP contribution in [0.4, 0.5) is 19.0 Å². The number of fused-ring (bicyclic) bond motifs is 1. The maximum absolute atomic E-state index is 12.2. The average Bonchev–Trinajstić information content (AvgIpc) is 3.02. The van der Waals surface area contributed by atoms with Gasteiger partial charge < -0.3 is 15.6 Å².